The lowest BCUT2D eigenvalue weighted by molar-refractivity contribution is -0.670. The summed E-state index contributed by atoms with van der Waals surface area (Å²) in [5.41, 5.74) is 0. The molecule has 0 aliphatic rings. The number of nitrogens with zero attached hydrogens (tertiary/aromatic N) is 2. The molecule has 0 spiro atoms. The van der Waals surface area contributed by atoms with Crippen molar-refractivity contribution in [2.24, 2.45) is 7.05 Å². The molecule has 12 heavy (non-hydrogen) atoms. The number of rotatable bonds is 2. The minimum Gasteiger partial charge on any atom is -0.466 e. The van der Waals surface area contributed by atoms with E-state index in [1.807, 2.05) is 30.3 Å². The van der Waals surface area contributed by atoms with Gasteiger partial charge in [-0.2, -0.15) is 0 Å². The topological polar surface area (TPSA) is 35.1 Å². The zero-order valence-electron chi connectivity index (χ0n) is 7.10. The van der Waals surface area contributed by atoms with Gasteiger partial charge in [0.05, 0.1) is 20.2 Å². The lowest BCUT2D eigenvalue weighted by Crippen LogP contribution is -2.23. The van der Waals surface area contributed by atoms with Gasteiger partial charge < -0.3 is 4.74 Å². The highest BCUT2D eigenvalue weighted by Crippen LogP contribution is 1.86. The van der Waals surface area contributed by atoms with Gasteiger partial charge in [-0.15, -0.1) is 0 Å². The Balaban J connectivity index is 2.63. The average Bonchev–Trinajstić information content (AvgIpc) is 2.47. The molecular formula is C8H11N2O2+. The maximum absolute atomic E-state index is 10.7. The molecule has 1 heterocycles. The van der Waals surface area contributed by atoms with Crippen LogP contribution in [0.25, 0.3) is 6.20 Å². The van der Waals surface area contributed by atoms with Crippen LogP contribution in [-0.4, -0.2) is 17.6 Å². The van der Waals surface area contributed by atoms with Gasteiger partial charge in [0, 0.05) is 0 Å². The second-order valence-electron chi connectivity index (χ2n) is 2.37. The van der Waals surface area contributed by atoms with Gasteiger partial charge in [0.15, 0.2) is 0 Å². The third kappa shape index (κ3) is 2.23. The SMILES string of the molecule is COC(=O)/C=C\n1cc[n+](C)c1. The Labute approximate surface area is 70.7 Å². The number of aryl methyl sites for hydroxylation is 1. The molecule has 0 aliphatic carbocycles. The Morgan fingerprint density at radius 2 is 2.42 bits per heavy atom. The molecule has 1 rings (SSSR count). The van der Waals surface area contributed by atoms with Gasteiger partial charge in [0.1, 0.15) is 18.6 Å². The van der Waals surface area contributed by atoms with Gasteiger partial charge in [-0.05, 0) is 0 Å². The first-order valence-electron chi connectivity index (χ1n) is 3.51. The fourth-order valence-electron chi connectivity index (χ4n) is 0.773. The summed E-state index contributed by atoms with van der Waals surface area (Å²) < 4.78 is 8.07. The van der Waals surface area contributed by atoms with Crippen LogP contribution in [-0.2, 0) is 16.6 Å². The Hall–Kier alpha value is -1.58. The van der Waals surface area contributed by atoms with Crippen molar-refractivity contribution < 1.29 is 14.1 Å². The first-order chi connectivity index (χ1) is 5.72. The quantitative estimate of drug-likeness (QED) is 0.352. The fourth-order valence-corrected chi connectivity index (χ4v) is 0.773. The third-order valence-corrected chi connectivity index (χ3v) is 1.37. The van der Waals surface area contributed by atoms with Crippen molar-refractivity contribution in [2.45, 2.75) is 0 Å². The van der Waals surface area contributed by atoms with Crippen LogP contribution < -0.4 is 4.57 Å². The van der Waals surface area contributed by atoms with E-state index in [0.717, 1.165) is 0 Å². The highest BCUT2D eigenvalue weighted by molar-refractivity contribution is 5.84. The zero-order valence-corrected chi connectivity index (χ0v) is 7.10. The van der Waals surface area contributed by atoms with Crippen molar-refractivity contribution in [3.05, 3.63) is 24.8 Å². The summed E-state index contributed by atoms with van der Waals surface area (Å²) in [6.07, 6.45) is 8.53. The average molecular weight is 167 g/mol. The predicted octanol–water partition coefficient (Wildman–Crippen LogP) is -0.0437. The number of esters is 1. The van der Waals surface area contributed by atoms with Gasteiger partial charge in [0.2, 0.25) is 6.33 Å². The Morgan fingerprint density at radius 3 is 2.92 bits per heavy atom. The lowest BCUT2D eigenvalue weighted by Gasteiger charge is -1.86. The van der Waals surface area contributed by atoms with E-state index in [0.29, 0.717) is 0 Å². The number of hydrogen-bond acceptors (Lipinski definition) is 2. The van der Waals surface area contributed by atoms with E-state index in [2.05, 4.69) is 4.74 Å². The van der Waals surface area contributed by atoms with Crippen LogP contribution in [0.5, 0.6) is 0 Å². The smallest absolute Gasteiger partial charge is 0.334 e. The van der Waals surface area contributed by atoms with E-state index >= 15 is 0 Å². The minimum atomic E-state index is -0.355. The van der Waals surface area contributed by atoms with E-state index in [1.165, 1.54) is 13.2 Å². The highest BCUT2D eigenvalue weighted by Gasteiger charge is 1.96. The van der Waals surface area contributed by atoms with Crippen molar-refractivity contribution in [3.8, 4) is 0 Å². The normalized spacial score (nSPS) is 10.5. The summed E-state index contributed by atoms with van der Waals surface area (Å²) in [6.45, 7) is 0. The molecule has 4 nitrogen and oxygen atoms in total. The third-order valence-electron chi connectivity index (χ3n) is 1.37. The minimum absolute atomic E-state index is 0.355. The second-order valence-corrected chi connectivity index (χ2v) is 2.37. The number of methoxy groups -OCH3 is 1. The summed E-state index contributed by atoms with van der Waals surface area (Å²) in [7, 11) is 3.25. The molecule has 0 aromatic carbocycles. The van der Waals surface area contributed by atoms with Crippen LogP contribution in [0.1, 0.15) is 0 Å². The van der Waals surface area contributed by atoms with Gasteiger partial charge in [-0.25, -0.2) is 13.9 Å². The second kappa shape index (κ2) is 3.71. The van der Waals surface area contributed by atoms with Crippen molar-refractivity contribution >= 4 is 12.2 Å². The molecule has 0 bridgehead atoms. The molecule has 0 amide bonds. The first-order valence-corrected chi connectivity index (χ1v) is 3.51. The molecule has 64 valence electrons. The van der Waals surface area contributed by atoms with Crippen LogP contribution >= 0.6 is 0 Å². The largest absolute Gasteiger partial charge is 0.466 e. The summed E-state index contributed by atoms with van der Waals surface area (Å²) in [5.74, 6) is -0.355. The Kier molecular flexibility index (Phi) is 2.63. The maximum atomic E-state index is 10.7. The van der Waals surface area contributed by atoms with E-state index in [-0.39, 0.29) is 5.97 Å². The van der Waals surface area contributed by atoms with Crippen molar-refractivity contribution in [1.82, 2.24) is 4.57 Å². The van der Waals surface area contributed by atoms with Crippen LogP contribution in [0.3, 0.4) is 0 Å². The molecule has 0 N–H and O–H groups in total. The molecule has 0 aliphatic heterocycles. The molecule has 0 saturated carbocycles. The Bertz CT molecular complexity index is 302. The molecule has 0 radical (unpaired) electrons. The molecule has 0 saturated heterocycles. The summed E-state index contributed by atoms with van der Waals surface area (Å²) in [4.78, 5) is 10.7. The maximum Gasteiger partial charge on any atom is 0.334 e. The summed E-state index contributed by atoms with van der Waals surface area (Å²) >= 11 is 0. The van der Waals surface area contributed by atoms with Crippen molar-refractivity contribution in [3.63, 3.8) is 0 Å². The molecule has 0 atom stereocenters. The molecular weight excluding hydrogens is 156 g/mol. The van der Waals surface area contributed by atoms with Crippen LogP contribution in [0.4, 0.5) is 0 Å². The molecule has 1 aromatic heterocycles. The monoisotopic (exact) mass is 167 g/mol. The predicted molar refractivity (Wildman–Crippen MR) is 43.0 cm³/mol. The van der Waals surface area contributed by atoms with Crippen LogP contribution in [0.2, 0.25) is 0 Å². The van der Waals surface area contributed by atoms with Gasteiger partial charge in [-0.3, -0.25) is 0 Å². The number of aromatic nitrogens is 2. The standard InChI is InChI=1S/C8H11N2O2/c1-9-5-6-10(7-9)4-3-8(11)12-2/h3-7H,1-2H3/q+1/b4-3-. The van der Waals surface area contributed by atoms with Gasteiger partial charge in [-0.1, -0.05) is 0 Å². The van der Waals surface area contributed by atoms with E-state index in [4.69, 9.17) is 0 Å². The zero-order chi connectivity index (χ0) is 8.97. The number of imidazole rings is 1. The van der Waals surface area contributed by atoms with Crippen LogP contribution in [0.15, 0.2) is 24.8 Å². The van der Waals surface area contributed by atoms with E-state index in [9.17, 15) is 4.79 Å². The van der Waals surface area contributed by atoms with Crippen molar-refractivity contribution in [2.75, 3.05) is 7.11 Å². The lowest BCUT2D eigenvalue weighted by atomic mass is 10.6. The first kappa shape index (κ1) is 8.52. The fraction of sp³-hybridized carbons (Fsp3) is 0.250. The Morgan fingerprint density at radius 1 is 1.67 bits per heavy atom. The van der Waals surface area contributed by atoms with E-state index < -0.39 is 0 Å². The number of ether oxygens (including phenoxy) is 1. The van der Waals surface area contributed by atoms with Gasteiger partial charge >= 0.3 is 5.97 Å². The number of hydrogen-bond donors (Lipinski definition) is 0. The highest BCUT2D eigenvalue weighted by atomic mass is 16.5. The molecule has 4 heteroatoms. The molecule has 1 aromatic rings. The number of carbonyl (C=O) groups is 1. The molecule has 0 unspecified atom stereocenters. The molecule has 0 fully saturated rings. The summed E-state index contributed by atoms with van der Waals surface area (Å²) in [5, 5.41) is 0. The summed E-state index contributed by atoms with van der Waals surface area (Å²) in [6, 6.07) is 0. The van der Waals surface area contributed by atoms with Crippen molar-refractivity contribution in [1.29, 1.82) is 0 Å². The van der Waals surface area contributed by atoms with Crippen LogP contribution in [0, 0.1) is 0 Å². The van der Waals surface area contributed by atoms with E-state index in [1.54, 1.807) is 10.8 Å². The van der Waals surface area contributed by atoms with Gasteiger partial charge in [0.25, 0.3) is 0 Å². The number of carbonyl (C=O) groups excluding carboxylic acids is 1.